The predicted molar refractivity (Wildman–Crippen MR) is 92.6 cm³/mol. The second-order valence-electron chi connectivity index (χ2n) is 5.69. The van der Waals surface area contributed by atoms with Gasteiger partial charge in [-0.05, 0) is 49.1 Å². The number of fused-ring (bicyclic) bond motifs is 1. The summed E-state index contributed by atoms with van der Waals surface area (Å²) in [5.41, 5.74) is 3.84. The van der Waals surface area contributed by atoms with Crippen LogP contribution in [0.15, 0.2) is 41.3 Å². The molecule has 1 aliphatic heterocycles. The minimum Gasteiger partial charge on any atom is -0.331 e. The summed E-state index contributed by atoms with van der Waals surface area (Å²) < 4.78 is 13.9. The van der Waals surface area contributed by atoms with E-state index in [-0.39, 0.29) is 17.9 Å². The van der Waals surface area contributed by atoms with Gasteiger partial charge in [-0.3, -0.25) is 0 Å². The number of carbonyl (C=O) groups excluding carboxylic acids is 1. The maximum atomic E-state index is 13.9. The van der Waals surface area contributed by atoms with Crippen LogP contribution in [-0.2, 0) is 0 Å². The number of thioether (sulfide) groups is 1. The molecule has 23 heavy (non-hydrogen) atoms. The summed E-state index contributed by atoms with van der Waals surface area (Å²) in [6.07, 6.45) is 0.793. The van der Waals surface area contributed by atoms with Gasteiger partial charge in [0, 0.05) is 16.3 Å². The van der Waals surface area contributed by atoms with E-state index in [4.69, 9.17) is 0 Å². The Bertz CT molecular complexity index is 748. The molecule has 0 saturated heterocycles. The summed E-state index contributed by atoms with van der Waals surface area (Å²) >= 11 is 1.51. The van der Waals surface area contributed by atoms with Gasteiger partial charge in [-0.25, -0.2) is 9.18 Å². The van der Waals surface area contributed by atoms with Gasteiger partial charge in [0.05, 0.1) is 6.04 Å². The minimum atomic E-state index is -0.259. The van der Waals surface area contributed by atoms with E-state index in [0.717, 1.165) is 34.6 Å². The molecule has 1 atom stereocenters. The van der Waals surface area contributed by atoms with Gasteiger partial charge in [0.1, 0.15) is 5.82 Å². The van der Waals surface area contributed by atoms with Gasteiger partial charge >= 0.3 is 6.03 Å². The van der Waals surface area contributed by atoms with E-state index < -0.39 is 0 Å². The van der Waals surface area contributed by atoms with Crippen molar-refractivity contribution in [2.45, 2.75) is 31.2 Å². The molecule has 1 aliphatic rings. The Morgan fingerprint density at radius 1 is 1.22 bits per heavy atom. The highest BCUT2D eigenvalue weighted by Crippen LogP contribution is 2.37. The zero-order valence-electron chi connectivity index (χ0n) is 13.2. The van der Waals surface area contributed by atoms with Crippen LogP contribution in [-0.4, -0.2) is 11.8 Å². The number of urea groups is 1. The summed E-state index contributed by atoms with van der Waals surface area (Å²) in [6.45, 7) is 3.99. The lowest BCUT2D eigenvalue weighted by Crippen LogP contribution is -2.34. The zero-order chi connectivity index (χ0) is 16.4. The molecule has 0 spiro atoms. The highest BCUT2D eigenvalue weighted by molar-refractivity contribution is 7.99. The lowest BCUT2D eigenvalue weighted by molar-refractivity contribution is 0.248. The first kappa shape index (κ1) is 15.9. The number of hydrogen-bond acceptors (Lipinski definition) is 2. The standard InChI is InChI=1S/C18H19FN2OS/c1-11-5-3-8-15(12(11)2)20-18(22)21-16-9-10-23-17-13(16)6-4-7-14(17)19/h3-8,16H,9-10H2,1-2H3,(H2,20,21,22). The third-order valence-electron chi connectivity index (χ3n) is 4.18. The fourth-order valence-electron chi connectivity index (χ4n) is 2.74. The lowest BCUT2D eigenvalue weighted by atomic mass is 10.0. The summed E-state index contributed by atoms with van der Waals surface area (Å²) in [5.74, 6) is 0.580. The average molecular weight is 330 g/mol. The van der Waals surface area contributed by atoms with Crippen molar-refractivity contribution in [3.05, 3.63) is 58.9 Å². The molecule has 1 heterocycles. The number of nitrogens with one attached hydrogen (secondary N) is 2. The molecule has 5 heteroatoms. The highest BCUT2D eigenvalue weighted by Gasteiger charge is 2.24. The molecule has 0 bridgehead atoms. The molecule has 3 rings (SSSR count). The van der Waals surface area contributed by atoms with Gasteiger partial charge in [-0.15, -0.1) is 11.8 Å². The fourth-order valence-corrected chi connectivity index (χ4v) is 3.88. The van der Waals surface area contributed by atoms with Crippen LogP contribution >= 0.6 is 11.8 Å². The molecule has 0 aliphatic carbocycles. The van der Waals surface area contributed by atoms with Gasteiger partial charge in [-0.1, -0.05) is 24.3 Å². The Kier molecular flexibility index (Phi) is 4.57. The first-order valence-electron chi connectivity index (χ1n) is 7.61. The number of halogens is 1. The van der Waals surface area contributed by atoms with Crippen LogP contribution in [0.5, 0.6) is 0 Å². The normalized spacial score (nSPS) is 16.6. The highest BCUT2D eigenvalue weighted by atomic mass is 32.2. The molecule has 0 aromatic heterocycles. The van der Waals surface area contributed by atoms with E-state index in [0.29, 0.717) is 4.90 Å². The summed E-state index contributed by atoms with van der Waals surface area (Å²) in [4.78, 5) is 13.0. The molecule has 0 saturated carbocycles. The van der Waals surface area contributed by atoms with Crippen molar-refractivity contribution in [3.63, 3.8) is 0 Å². The molecular weight excluding hydrogens is 311 g/mol. The van der Waals surface area contributed by atoms with E-state index in [1.807, 2.05) is 38.1 Å². The summed E-state index contributed by atoms with van der Waals surface area (Å²) in [6, 6.07) is 10.4. The molecule has 120 valence electrons. The molecular formula is C18H19FN2OS. The van der Waals surface area contributed by atoms with Crippen LogP contribution in [0.4, 0.5) is 14.9 Å². The van der Waals surface area contributed by atoms with Gasteiger partial charge in [0.2, 0.25) is 0 Å². The number of carbonyl (C=O) groups is 1. The Morgan fingerprint density at radius 3 is 2.83 bits per heavy atom. The van der Waals surface area contributed by atoms with Crippen molar-refractivity contribution in [1.29, 1.82) is 0 Å². The quantitative estimate of drug-likeness (QED) is 0.830. The van der Waals surface area contributed by atoms with Crippen molar-refractivity contribution in [3.8, 4) is 0 Å². The van der Waals surface area contributed by atoms with Crippen molar-refractivity contribution in [2.75, 3.05) is 11.1 Å². The number of anilines is 1. The van der Waals surface area contributed by atoms with Crippen molar-refractivity contribution >= 4 is 23.5 Å². The number of aryl methyl sites for hydroxylation is 1. The summed E-state index contributed by atoms with van der Waals surface area (Å²) in [7, 11) is 0. The second kappa shape index (κ2) is 6.62. The average Bonchev–Trinajstić information content (AvgIpc) is 2.53. The Labute approximate surface area is 139 Å². The molecule has 1 unspecified atom stereocenters. The molecule has 0 radical (unpaired) electrons. The van der Waals surface area contributed by atoms with Gasteiger partial charge in [0.15, 0.2) is 0 Å². The Hall–Kier alpha value is -2.01. The Morgan fingerprint density at radius 2 is 2.00 bits per heavy atom. The largest absolute Gasteiger partial charge is 0.331 e. The molecule has 2 N–H and O–H groups in total. The Balaban J connectivity index is 1.75. The fraction of sp³-hybridized carbons (Fsp3) is 0.278. The van der Waals surface area contributed by atoms with Gasteiger partial charge < -0.3 is 10.6 Å². The smallest absolute Gasteiger partial charge is 0.319 e. The zero-order valence-corrected chi connectivity index (χ0v) is 14.0. The van der Waals surface area contributed by atoms with Crippen LogP contribution in [0.3, 0.4) is 0 Å². The maximum Gasteiger partial charge on any atom is 0.319 e. The van der Waals surface area contributed by atoms with Gasteiger partial charge in [0.25, 0.3) is 0 Å². The van der Waals surface area contributed by atoms with E-state index in [2.05, 4.69) is 10.6 Å². The monoisotopic (exact) mass is 330 g/mol. The van der Waals surface area contributed by atoms with Crippen LogP contribution in [0.25, 0.3) is 0 Å². The third kappa shape index (κ3) is 3.34. The summed E-state index contributed by atoms with van der Waals surface area (Å²) in [5, 5.41) is 5.86. The van der Waals surface area contributed by atoms with E-state index in [1.54, 1.807) is 6.07 Å². The SMILES string of the molecule is Cc1cccc(NC(=O)NC2CCSc3c(F)cccc32)c1C. The number of rotatable bonds is 2. The molecule has 0 fully saturated rings. The van der Waals surface area contributed by atoms with Crippen LogP contribution < -0.4 is 10.6 Å². The van der Waals surface area contributed by atoms with Crippen molar-refractivity contribution in [2.24, 2.45) is 0 Å². The third-order valence-corrected chi connectivity index (χ3v) is 5.34. The topological polar surface area (TPSA) is 41.1 Å². The van der Waals surface area contributed by atoms with E-state index in [1.165, 1.54) is 17.8 Å². The predicted octanol–water partition coefficient (Wildman–Crippen LogP) is 4.80. The molecule has 2 aromatic rings. The first-order chi connectivity index (χ1) is 11.1. The van der Waals surface area contributed by atoms with Crippen LogP contribution in [0.2, 0.25) is 0 Å². The minimum absolute atomic E-state index is 0.160. The first-order valence-corrected chi connectivity index (χ1v) is 8.60. The number of hydrogen-bond donors (Lipinski definition) is 2. The second-order valence-corrected chi connectivity index (χ2v) is 6.80. The molecule has 2 aromatic carbocycles. The van der Waals surface area contributed by atoms with E-state index >= 15 is 0 Å². The molecule has 3 nitrogen and oxygen atoms in total. The van der Waals surface area contributed by atoms with Crippen molar-refractivity contribution < 1.29 is 9.18 Å². The van der Waals surface area contributed by atoms with Crippen molar-refractivity contribution in [1.82, 2.24) is 5.32 Å². The number of amides is 2. The maximum absolute atomic E-state index is 13.9. The van der Waals surface area contributed by atoms with Crippen LogP contribution in [0.1, 0.15) is 29.2 Å². The lowest BCUT2D eigenvalue weighted by Gasteiger charge is -2.26. The van der Waals surface area contributed by atoms with Gasteiger partial charge in [-0.2, -0.15) is 0 Å². The number of benzene rings is 2. The molecule has 2 amide bonds. The van der Waals surface area contributed by atoms with Crippen LogP contribution in [0, 0.1) is 19.7 Å². The van der Waals surface area contributed by atoms with E-state index in [9.17, 15) is 9.18 Å².